The minimum atomic E-state index is -0.234. The fourth-order valence-corrected chi connectivity index (χ4v) is 2.03. The van der Waals surface area contributed by atoms with Gasteiger partial charge in [-0.25, -0.2) is 0 Å². The van der Waals surface area contributed by atoms with Gasteiger partial charge in [0, 0.05) is 5.57 Å². The van der Waals surface area contributed by atoms with Crippen LogP contribution in [0.25, 0.3) is 17.8 Å². The van der Waals surface area contributed by atoms with Crippen molar-refractivity contribution in [2.24, 2.45) is 5.41 Å². The largest absolute Gasteiger partial charge is 0.505 e. The number of hydrogen-bond acceptors (Lipinski definition) is 4. The molecule has 1 N–H and O–H groups in total. The molecule has 4 nitrogen and oxygen atoms in total. The highest BCUT2D eigenvalue weighted by atomic mass is 32.1. The molecule has 0 aromatic carbocycles. The number of rotatable bonds is 5. The predicted octanol–water partition coefficient (Wildman–Crippen LogP) is 4.73. The number of nitrogens with zero attached hydrogens (tertiary/aromatic N) is 3. The first-order chi connectivity index (χ1) is 10.3. The van der Waals surface area contributed by atoms with Crippen LogP contribution in [0, 0.1) is 5.41 Å². The number of allylic oxidation sites excluding steroid dienone is 4. The highest BCUT2D eigenvalue weighted by molar-refractivity contribution is 7.83. The molecule has 0 bridgehead atoms. The molecule has 0 aliphatic heterocycles. The Morgan fingerprint density at radius 3 is 2.32 bits per heavy atom. The van der Waals surface area contributed by atoms with E-state index in [1.807, 2.05) is 39.8 Å². The van der Waals surface area contributed by atoms with Gasteiger partial charge in [0.2, 0.25) is 0 Å². The van der Waals surface area contributed by atoms with E-state index in [9.17, 15) is 5.11 Å². The molecule has 118 valence electrons. The maximum Gasteiger partial charge on any atom is 0.146 e. The maximum atomic E-state index is 10.6. The Hall–Kier alpha value is -2.01. The maximum absolute atomic E-state index is 10.6. The molecule has 1 aromatic heterocycles. The molecule has 0 unspecified atom stereocenters. The van der Waals surface area contributed by atoms with E-state index in [0.717, 1.165) is 5.57 Å². The summed E-state index contributed by atoms with van der Waals surface area (Å²) in [5.41, 5.74) is 2.06. The first-order valence-electron chi connectivity index (χ1n) is 6.92. The van der Waals surface area contributed by atoms with Crippen molar-refractivity contribution >= 4 is 30.5 Å². The van der Waals surface area contributed by atoms with E-state index in [4.69, 9.17) is 0 Å². The third-order valence-electron chi connectivity index (χ3n) is 3.00. The van der Waals surface area contributed by atoms with Crippen LogP contribution in [0.5, 0.6) is 0 Å². The molecule has 0 radical (unpaired) electrons. The number of thiol groups is 1. The van der Waals surface area contributed by atoms with Gasteiger partial charge < -0.3 is 5.11 Å². The van der Waals surface area contributed by atoms with Crippen LogP contribution in [0.1, 0.15) is 39.1 Å². The lowest BCUT2D eigenvalue weighted by Crippen LogP contribution is -2.13. The average molecular weight is 317 g/mol. The van der Waals surface area contributed by atoms with Gasteiger partial charge >= 0.3 is 0 Å². The van der Waals surface area contributed by atoms with E-state index in [0.29, 0.717) is 17.1 Å². The van der Waals surface area contributed by atoms with Gasteiger partial charge in [-0.15, -0.1) is 15.0 Å². The number of hydrogen-bond donors (Lipinski definition) is 2. The molecule has 0 saturated carbocycles. The Labute approximate surface area is 137 Å². The zero-order valence-corrected chi connectivity index (χ0v) is 14.4. The van der Waals surface area contributed by atoms with Crippen LogP contribution in [0.3, 0.4) is 0 Å². The van der Waals surface area contributed by atoms with E-state index in [1.165, 1.54) is 4.80 Å². The molecule has 5 heteroatoms. The van der Waals surface area contributed by atoms with Gasteiger partial charge in [-0.3, -0.25) is 0 Å². The lowest BCUT2D eigenvalue weighted by atomic mass is 9.85. The van der Waals surface area contributed by atoms with Crippen molar-refractivity contribution in [2.45, 2.75) is 27.7 Å². The Morgan fingerprint density at radius 2 is 1.86 bits per heavy atom. The molecule has 0 atom stereocenters. The SMILES string of the molecule is C=Cc1nn(C(=C)/C(O)=C(\C=C\C)C(C)(C)C)nc1/C=C/S. The molecule has 0 aliphatic carbocycles. The van der Waals surface area contributed by atoms with Crippen LogP contribution >= 0.6 is 12.6 Å². The molecule has 0 fully saturated rings. The average Bonchev–Trinajstić information content (AvgIpc) is 2.85. The summed E-state index contributed by atoms with van der Waals surface area (Å²) < 4.78 is 0. The molecule has 1 rings (SSSR count). The number of aromatic nitrogens is 3. The Kier molecular flexibility index (Phi) is 6.00. The second-order valence-electron chi connectivity index (χ2n) is 5.74. The van der Waals surface area contributed by atoms with Gasteiger partial charge in [-0.2, -0.15) is 12.6 Å². The van der Waals surface area contributed by atoms with Crippen LogP contribution in [0.4, 0.5) is 0 Å². The Balaban J connectivity index is 3.38. The van der Waals surface area contributed by atoms with Gasteiger partial charge in [0.1, 0.15) is 22.8 Å². The molecule has 1 heterocycles. The zero-order chi connectivity index (χ0) is 16.9. The van der Waals surface area contributed by atoms with Gasteiger partial charge in [0.05, 0.1) is 0 Å². The smallest absolute Gasteiger partial charge is 0.146 e. The molecule has 0 amide bonds. The fourth-order valence-electron chi connectivity index (χ4n) is 1.89. The van der Waals surface area contributed by atoms with Crippen molar-refractivity contribution in [1.82, 2.24) is 15.0 Å². The van der Waals surface area contributed by atoms with Crippen molar-refractivity contribution in [1.29, 1.82) is 0 Å². The van der Waals surface area contributed by atoms with Gasteiger partial charge in [0.15, 0.2) is 0 Å². The third kappa shape index (κ3) is 4.01. The third-order valence-corrected chi connectivity index (χ3v) is 3.15. The minimum absolute atomic E-state index is 0.0672. The summed E-state index contributed by atoms with van der Waals surface area (Å²) in [6, 6.07) is 0. The van der Waals surface area contributed by atoms with E-state index >= 15 is 0 Å². The van der Waals surface area contributed by atoms with Crippen molar-refractivity contribution in [2.75, 3.05) is 0 Å². The minimum Gasteiger partial charge on any atom is -0.505 e. The van der Waals surface area contributed by atoms with E-state index in [1.54, 1.807) is 17.6 Å². The second kappa shape index (κ2) is 7.31. The van der Waals surface area contributed by atoms with E-state index in [-0.39, 0.29) is 11.2 Å². The topological polar surface area (TPSA) is 50.9 Å². The van der Waals surface area contributed by atoms with Crippen LogP contribution < -0.4 is 0 Å². The van der Waals surface area contributed by atoms with Crippen LogP contribution in [-0.4, -0.2) is 20.1 Å². The van der Waals surface area contributed by atoms with Crippen LogP contribution in [-0.2, 0) is 0 Å². The Morgan fingerprint density at radius 1 is 1.27 bits per heavy atom. The first kappa shape index (κ1) is 18.0. The summed E-state index contributed by atoms with van der Waals surface area (Å²) in [4.78, 5) is 1.31. The lowest BCUT2D eigenvalue weighted by molar-refractivity contribution is 0.394. The van der Waals surface area contributed by atoms with Crippen LogP contribution in [0.2, 0.25) is 0 Å². The highest BCUT2D eigenvalue weighted by Gasteiger charge is 2.22. The molecule has 0 saturated heterocycles. The molecular formula is C17H23N3OS. The lowest BCUT2D eigenvalue weighted by Gasteiger charge is -2.22. The van der Waals surface area contributed by atoms with E-state index < -0.39 is 0 Å². The summed E-state index contributed by atoms with van der Waals surface area (Å²) in [5.74, 6) is 0.0672. The predicted molar refractivity (Wildman–Crippen MR) is 97.4 cm³/mol. The fraction of sp³-hybridized carbons (Fsp3) is 0.294. The van der Waals surface area contributed by atoms with Gasteiger partial charge in [-0.05, 0) is 29.9 Å². The van der Waals surface area contributed by atoms with Crippen molar-refractivity contribution < 1.29 is 5.11 Å². The summed E-state index contributed by atoms with van der Waals surface area (Å²) in [6.45, 7) is 15.6. The van der Waals surface area contributed by atoms with Crippen molar-refractivity contribution in [3.63, 3.8) is 0 Å². The van der Waals surface area contributed by atoms with Gasteiger partial charge in [0.25, 0.3) is 0 Å². The summed E-state index contributed by atoms with van der Waals surface area (Å²) >= 11 is 4.04. The quantitative estimate of drug-likeness (QED) is 0.469. The highest BCUT2D eigenvalue weighted by Crippen LogP contribution is 2.31. The summed E-state index contributed by atoms with van der Waals surface area (Å²) in [5, 5.41) is 20.7. The van der Waals surface area contributed by atoms with Crippen molar-refractivity contribution in [3.05, 3.63) is 53.4 Å². The number of aliphatic hydroxyl groups is 1. The molecule has 1 aromatic rings. The normalized spacial score (nSPS) is 13.7. The van der Waals surface area contributed by atoms with E-state index in [2.05, 4.69) is 36.0 Å². The zero-order valence-electron chi connectivity index (χ0n) is 13.5. The van der Waals surface area contributed by atoms with Gasteiger partial charge in [-0.1, -0.05) is 46.1 Å². The molecule has 0 aliphatic rings. The molecular weight excluding hydrogens is 294 g/mol. The molecule has 0 spiro atoms. The monoisotopic (exact) mass is 317 g/mol. The number of aliphatic hydroxyl groups excluding tert-OH is 1. The first-order valence-corrected chi connectivity index (χ1v) is 7.44. The van der Waals surface area contributed by atoms with Crippen molar-refractivity contribution in [3.8, 4) is 0 Å². The summed E-state index contributed by atoms with van der Waals surface area (Å²) in [6.07, 6.45) is 7.04. The summed E-state index contributed by atoms with van der Waals surface area (Å²) in [7, 11) is 0. The molecule has 22 heavy (non-hydrogen) atoms. The standard InChI is InChI=1S/C17H23N3OS/c1-7-9-13(17(4,5)6)16(21)12(3)20-18-14(8-2)15(19-20)10-11-22/h7-11,21-22H,2-3H2,1,4-6H3/b9-7+,11-10+,16-13-. The Bertz CT molecular complexity index is 658. The van der Waals surface area contributed by atoms with Crippen LogP contribution in [0.15, 0.2) is 42.1 Å². The second-order valence-corrected chi connectivity index (χ2v) is 6.04.